The van der Waals surface area contributed by atoms with Gasteiger partial charge >= 0.3 is 39.5 Å². The molecular weight excluding hydrogens is 1290 g/mol. The summed E-state index contributed by atoms with van der Waals surface area (Å²) in [6.07, 6.45) is 59.0. The highest BCUT2D eigenvalue weighted by molar-refractivity contribution is 7.47. The van der Waals surface area contributed by atoms with E-state index in [1.165, 1.54) is 218 Å². The first kappa shape index (κ1) is 97.1. The van der Waals surface area contributed by atoms with Crippen molar-refractivity contribution in [2.75, 3.05) is 39.6 Å². The number of aliphatic hydroxyl groups is 1. The lowest BCUT2D eigenvalue weighted by molar-refractivity contribution is -0.161. The average molecular weight is 1450 g/mol. The lowest BCUT2D eigenvalue weighted by atomic mass is 10.0. The van der Waals surface area contributed by atoms with Crippen LogP contribution in [0.4, 0.5) is 0 Å². The number of esters is 4. The van der Waals surface area contributed by atoms with Gasteiger partial charge in [-0.05, 0) is 43.4 Å². The third-order valence-electron chi connectivity index (χ3n) is 18.6. The van der Waals surface area contributed by atoms with E-state index in [0.717, 1.165) is 102 Å². The first-order valence-electron chi connectivity index (χ1n) is 41.3. The number of carbonyl (C=O) groups excluding carboxylic acids is 4. The zero-order valence-electron chi connectivity index (χ0n) is 65.0. The van der Waals surface area contributed by atoms with Gasteiger partial charge in [0, 0.05) is 25.7 Å². The molecule has 588 valence electrons. The minimum absolute atomic E-state index is 0.101. The van der Waals surface area contributed by atoms with Crippen molar-refractivity contribution in [2.45, 2.75) is 433 Å². The van der Waals surface area contributed by atoms with Crippen molar-refractivity contribution in [3.8, 4) is 0 Å². The van der Waals surface area contributed by atoms with Gasteiger partial charge in [-0.25, -0.2) is 9.13 Å². The standard InChI is InChI=1S/C80H156O17P2/c1-8-9-10-11-12-13-14-15-16-17-18-19-20-21-22-27-30-33-36-39-49-56-63-79(84)96-75(67-90-77(82)61-54-47-38-35-32-29-26-24-23-25-28-31-34-37-44-51-58-71(2)3)69-94-98(86,87)92-65-74(81)66-93-99(88,89)95-70-76(97-80(85)64-57-50-43-41-46-53-60-73(6)7)68-91-78(83)62-55-48-42-40-45-52-59-72(4)5/h71-76,81H,8-70H2,1-7H3,(H,86,87)(H,88,89)/t74-,75-,76-/m1/s1. The topological polar surface area (TPSA) is 237 Å². The van der Waals surface area contributed by atoms with E-state index in [9.17, 15) is 43.2 Å². The molecule has 0 amide bonds. The van der Waals surface area contributed by atoms with Crippen molar-refractivity contribution in [3.05, 3.63) is 0 Å². The molecule has 0 aromatic heterocycles. The summed E-state index contributed by atoms with van der Waals surface area (Å²) in [5.41, 5.74) is 0. The Morgan fingerprint density at radius 3 is 0.687 bits per heavy atom. The van der Waals surface area contributed by atoms with E-state index >= 15 is 0 Å². The molecule has 0 aromatic carbocycles. The summed E-state index contributed by atoms with van der Waals surface area (Å²) >= 11 is 0. The van der Waals surface area contributed by atoms with Crippen molar-refractivity contribution in [1.29, 1.82) is 0 Å². The second kappa shape index (κ2) is 70.4. The molecule has 0 aliphatic heterocycles. The number of unbranched alkanes of at least 4 members (excludes halogenated alkanes) is 46. The lowest BCUT2D eigenvalue weighted by Gasteiger charge is -2.21. The fourth-order valence-corrected chi connectivity index (χ4v) is 13.9. The van der Waals surface area contributed by atoms with Gasteiger partial charge in [-0.1, -0.05) is 363 Å². The molecule has 19 heteroatoms. The minimum atomic E-state index is -4.96. The summed E-state index contributed by atoms with van der Waals surface area (Å²) in [4.78, 5) is 72.8. The van der Waals surface area contributed by atoms with Gasteiger partial charge in [-0.2, -0.15) is 0 Å². The first-order chi connectivity index (χ1) is 47.7. The molecule has 0 heterocycles. The van der Waals surface area contributed by atoms with Crippen LogP contribution >= 0.6 is 15.6 Å². The van der Waals surface area contributed by atoms with Gasteiger partial charge in [0.1, 0.15) is 19.3 Å². The normalized spacial score (nSPS) is 14.0. The van der Waals surface area contributed by atoms with Crippen LogP contribution in [0.5, 0.6) is 0 Å². The maximum atomic E-state index is 13.1. The third-order valence-corrected chi connectivity index (χ3v) is 20.5. The van der Waals surface area contributed by atoms with Crippen LogP contribution in [-0.4, -0.2) is 96.7 Å². The van der Waals surface area contributed by atoms with Crippen LogP contribution in [0, 0.1) is 17.8 Å². The quantitative estimate of drug-likeness (QED) is 0.0222. The van der Waals surface area contributed by atoms with E-state index in [-0.39, 0.29) is 25.7 Å². The summed E-state index contributed by atoms with van der Waals surface area (Å²) < 4.78 is 68.5. The van der Waals surface area contributed by atoms with Crippen LogP contribution in [-0.2, 0) is 65.4 Å². The van der Waals surface area contributed by atoms with Crippen LogP contribution in [0.3, 0.4) is 0 Å². The minimum Gasteiger partial charge on any atom is -0.462 e. The predicted octanol–water partition coefficient (Wildman–Crippen LogP) is 23.7. The molecule has 2 unspecified atom stereocenters. The fraction of sp³-hybridized carbons (Fsp3) is 0.950. The Morgan fingerprint density at radius 1 is 0.273 bits per heavy atom. The highest BCUT2D eigenvalue weighted by Crippen LogP contribution is 2.45. The predicted molar refractivity (Wildman–Crippen MR) is 405 cm³/mol. The molecule has 0 saturated heterocycles. The molecular formula is C80H156O17P2. The van der Waals surface area contributed by atoms with E-state index in [1.54, 1.807) is 0 Å². The molecule has 0 bridgehead atoms. The second-order valence-corrected chi connectivity index (χ2v) is 33.1. The average Bonchev–Trinajstić information content (AvgIpc) is 0.974. The van der Waals surface area contributed by atoms with E-state index < -0.39 is 97.5 Å². The Labute approximate surface area is 607 Å². The number of hydrogen-bond acceptors (Lipinski definition) is 15. The second-order valence-electron chi connectivity index (χ2n) is 30.2. The van der Waals surface area contributed by atoms with Crippen LogP contribution in [0.1, 0.15) is 414 Å². The number of carbonyl (C=O) groups is 4. The SMILES string of the molecule is CCCCCCCCCCCCCCCCCCCCCCCCC(=O)O[C@H](COC(=O)CCCCCCCCCCCCCCCCCCC(C)C)COP(=O)(O)OC[C@@H](O)COP(=O)(O)OC[C@@H](COC(=O)CCCCCCCCC(C)C)OC(=O)CCCCCCCCC(C)C. The molecule has 17 nitrogen and oxygen atoms in total. The Balaban J connectivity index is 5.16. The number of rotatable bonds is 78. The monoisotopic (exact) mass is 1450 g/mol. The molecule has 0 aliphatic carbocycles. The molecule has 0 aromatic rings. The first-order valence-corrected chi connectivity index (χ1v) is 44.3. The maximum Gasteiger partial charge on any atom is 0.472 e. The maximum absolute atomic E-state index is 13.1. The van der Waals surface area contributed by atoms with E-state index in [0.29, 0.717) is 37.5 Å². The van der Waals surface area contributed by atoms with E-state index in [2.05, 4.69) is 48.5 Å². The number of phosphoric ester groups is 2. The van der Waals surface area contributed by atoms with Crippen LogP contribution in [0.25, 0.3) is 0 Å². The molecule has 0 fully saturated rings. The number of phosphoric acid groups is 2. The Morgan fingerprint density at radius 2 is 0.465 bits per heavy atom. The Bertz CT molecular complexity index is 1920. The van der Waals surface area contributed by atoms with Gasteiger partial charge in [-0.15, -0.1) is 0 Å². The lowest BCUT2D eigenvalue weighted by Crippen LogP contribution is -2.30. The molecule has 99 heavy (non-hydrogen) atoms. The van der Waals surface area contributed by atoms with Gasteiger partial charge < -0.3 is 33.8 Å². The van der Waals surface area contributed by atoms with Crippen LogP contribution in [0.15, 0.2) is 0 Å². The Kier molecular flexibility index (Phi) is 69.0. The molecule has 0 spiro atoms. The largest absolute Gasteiger partial charge is 0.472 e. The summed E-state index contributed by atoms with van der Waals surface area (Å²) in [5, 5.41) is 10.6. The van der Waals surface area contributed by atoms with Crippen molar-refractivity contribution < 1.29 is 80.2 Å². The molecule has 0 saturated carbocycles. The van der Waals surface area contributed by atoms with Crippen LogP contribution < -0.4 is 0 Å². The summed E-state index contributed by atoms with van der Waals surface area (Å²) in [7, 11) is -9.91. The zero-order valence-corrected chi connectivity index (χ0v) is 66.8. The fourth-order valence-electron chi connectivity index (χ4n) is 12.3. The van der Waals surface area contributed by atoms with Gasteiger partial charge in [-0.3, -0.25) is 37.3 Å². The molecule has 0 radical (unpaired) electrons. The number of ether oxygens (including phenoxy) is 4. The zero-order chi connectivity index (χ0) is 73.0. The van der Waals surface area contributed by atoms with Crippen LogP contribution in [0.2, 0.25) is 0 Å². The van der Waals surface area contributed by atoms with E-state index in [4.69, 9.17) is 37.0 Å². The number of aliphatic hydroxyl groups excluding tert-OH is 1. The van der Waals surface area contributed by atoms with Gasteiger partial charge in [0.15, 0.2) is 12.2 Å². The molecule has 3 N–H and O–H groups in total. The highest BCUT2D eigenvalue weighted by Gasteiger charge is 2.30. The van der Waals surface area contributed by atoms with Gasteiger partial charge in [0.05, 0.1) is 26.4 Å². The molecule has 0 rings (SSSR count). The van der Waals surface area contributed by atoms with Crippen molar-refractivity contribution in [3.63, 3.8) is 0 Å². The summed E-state index contributed by atoms with van der Waals surface area (Å²) in [6.45, 7) is 11.8. The summed E-state index contributed by atoms with van der Waals surface area (Å²) in [5.74, 6) is 0.0391. The van der Waals surface area contributed by atoms with Gasteiger partial charge in [0.2, 0.25) is 0 Å². The number of hydrogen-bond donors (Lipinski definition) is 3. The summed E-state index contributed by atoms with van der Waals surface area (Å²) in [6, 6.07) is 0. The Hall–Kier alpha value is -1.94. The smallest absolute Gasteiger partial charge is 0.462 e. The molecule has 0 aliphatic rings. The van der Waals surface area contributed by atoms with Gasteiger partial charge in [0.25, 0.3) is 0 Å². The molecule has 5 atom stereocenters. The van der Waals surface area contributed by atoms with Crippen molar-refractivity contribution in [1.82, 2.24) is 0 Å². The van der Waals surface area contributed by atoms with Crippen molar-refractivity contribution >= 4 is 39.5 Å². The highest BCUT2D eigenvalue weighted by atomic mass is 31.2. The third kappa shape index (κ3) is 74.1. The van der Waals surface area contributed by atoms with E-state index in [1.807, 2.05) is 0 Å². The van der Waals surface area contributed by atoms with Crippen molar-refractivity contribution in [2.24, 2.45) is 17.8 Å².